The molecule has 1 saturated carbocycles. The van der Waals surface area contributed by atoms with Gasteiger partial charge in [-0.3, -0.25) is 9.59 Å². The second-order valence-electron chi connectivity index (χ2n) is 11.5. The molecule has 1 atom stereocenters. The molecule has 7 heteroatoms. The third-order valence-electron chi connectivity index (χ3n) is 7.39. The second-order valence-corrected chi connectivity index (χ2v) is 13.3. The molecule has 1 aliphatic carbocycles. The molecule has 0 heterocycles. The van der Waals surface area contributed by atoms with Crippen LogP contribution in [0.25, 0.3) is 0 Å². The predicted molar refractivity (Wildman–Crippen MR) is 167 cm³/mol. The number of carbonyl (C=O) groups is 2. The molecule has 0 radical (unpaired) electrons. The van der Waals surface area contributed by atoms with Crippen molar-refractivity contribution in [1.82, 2.24) is 10.2 Å². The molecular formula is C33H38Br2N2O3. The van der Waals surface area contributed by atoms with Gasteiger partial charge in [0.2, 0.25) is 5.91 Å². The van der Waals surface area contributed by atoms with Crippen molar-refractivity contribution in [2.75, 3.05) is 6.61 Å². The molecule has 0 aliphatic heterocycles. The van der Waals surface area contributed by atoms with Gasteiger partial charge in [0.15, 0.2) is 6.61 Å². The number of ether oxygens (including phenoxy) is 1. The highest BCUT2D eigenvalue weighted by Gasteiger charge is 2.32. The molecule has 1 fully saturated rings. The van der Waals surface area contributed by atoms with E-state index in [2.05, 4.69) is 57.9 Å². The first-order valence-electron chi connectivity index (χ1n) is 13.9. The third kappa shape index (κ3) is 8.43. The fourth-order valence-corrected chi connectivity index (χ4v) is 5.77. The molecule has 0 saturated heterocycles. The summed E-state index contributed by atoms with van der Waals surface area (Å²) in [7, 11) is 0. The van der Waals surface area contributed by atoms with E-state index in [0.29, 0.717) is 18.7 Å². The van der Waals surface area contributed by atoms with E-state index in [9.17, 15) is 9.59 Å². The predicted octanol–water partition coefficient (Wildman–Crippen LogP) is 7.59. The Labute approximate surface area is 254 Å². The SMILES string of the molecule is CC(C)(C)c1ccc(OCC(=O)N(Cc2ccc(Br)cc2)[C@@H](Cc2ccccc2)C(=O)NC2CCCC2)c(Br)c1. The molecule has 3 aromatic rings. The van der Waals surface area contributed by atoms with E-state index < -0.39 is 6.04 Å². The van der Waals surface area contributed by atoms with Gasteiger partial charge >= 0.3 is 0 Å². The molecule has 0 bridgehead atoms. The number of amides is 2. The van der Waals surface area contributed by atoms with Crippen LogP contribution in [0, 0.1) is 0 Å². The Morgan fingerprint density at radius 1 is 0.950 bits per heavy atom. The van der Waals surface area contributed by atoms with E-state index in [0.717, 1.165) is 45.8 Å². The molecular weight excluding hydrogens is 632 g/mol. The highest BCUT2D eigenvalue weighted by Crippen LogP contribution is 2.31. The lowest BCUT2D eigenvalue weighted by Crippen LogP contribution is -2.53. The minimum Gasteiger partial charge on any atom is -0.483 e. The van der Waals surface area contributed by atoms with Gasteiger partial charge in [0.25, 0.3) is 5.91 Å². The summed E-state index contributed by atoms with van der Waals surface area (Å²) in [5.74, 6) is 0.245. The summed E-state index contributed by atoms with van der Waals surface area (Å²) in [4.78, 5) is 29.4. The minimum atomic E-state index is -0.672. The van der Waals surface area contributed by atoms with Gasteiger partial charge in [0.05, 0.1) is 4.47 Å². The first kappa shape index (κ1) is 30.3. The lowest BCUT2D eigenvalue weighted by molar-refractivity contribution is -0.143. The Bertz CT molecular complexity index is 1280. The van der Waals surface area contributed by atoms with Crippen LogP contribution < -0.4 is 10.1 Å². The molecule has 1 aliphatic rings. The van der Waals surface area contributed by atoms with Crippen molar-refractivity contribution in [3.8, 4) is 5.75 Å². The molecule has 5 nitrogen and oxygen atoms in total. The first-order valence-corrected chi connectivity index (χ1v) is 15.5. The summed E-state index contributed by atoms with van der Waals surface area (Å²) < 4.78 is 7.80. The van der Waals surface area contributed by atoms with Crippen molar-refractivity contribution in [2.45, 2.75) is 76.9 Å². The van der Waals surface area contributed by atoms with E-state index in [1.807, 2.05) is 72.8 Å². The van der Waals surface area contributed by atoms with Crippen molar-refractivity contribution in [2.24, 2.45) is 0 Å². The quantitative estimate of drug-likeness (QED) is 0.242. The number of nitrogens with zero attached hydrogens (tertiary/aromatic N) is 1. The number of hydrogen-bond acceptors (Lipinski definition) is 3. The van der Waals surface area contributed by atoms with Crippen molar-refractivity contribution < 1.29 is 14.3 Å². The Hall–Kier alpha value is -2.64. The minimum absolute atomic E-state index is 0.00428. The van der Waals surface area contributed by atoms with Crippen LogP contribution in [0.15, 0.2) is 81.7 Å². The average Bonchev–Trinajstić information content (AvgIpc) is 3.44. The monoisotopic (exact) mass is 668 g/mol. The highest BCUT2D eigenvalue weighted by molar-refractivity contribution is 9.10. The van der Waals surface area contributed by atoms with Crippen molar-refractivity contribution >= 4 is 43.7 Å². The summed E-state index contributed by atoms with van der Waals surface area (Å²) >= 11 is 7.11. The molecule has 212 valence electrons. The van der Waals surface area contributed by atoms with Gasteiger partial charge in [0, 0.05) is 23.5 Å². The van der Waals surface area contributed by atoms with Crippen LogP contribution in [-0.2, 0) is 28.0 Å². The zero-order valence-corrected chi connectivity index (χ0v) is 26.6. The van der Waals surface area contributed by atoms with Crippen molar-refractivity contribution in [1.29, 1.82) is 0 Å². The van der Waals surface area contributed by atoms with Crippen LogP contribution in [-0.4, -0.2) is 35.4 Å². The average molecular weight is 670 g/mol. The normalized spacial score (nSPS) is 14.5. The van der Waals surface area contributed by atoms with E-state index in [4.69, 9.17) is 4.74 Å². The summed E-state index contributed by atoms with van der Waals surface area (Å²) in [5.41, 5.74) is 3.11. The van der Waals surface area contributed by atoms with Gasteiger partial charge < -0.3 is 15.0 Å². The number of halogens is 2. The molecule has 0 unspecified atom stereocenters. The molecule has 4 rings (SSSR count). The van der Waals surface area contributed by atoms with E-state index >= 15 is 0 Å². The zero-order chi connectivity index (χ0) is 28.7. The van der Waals surface area contributed by atoms with E-state index in [-0.39, 0.29) is 29.9 Å². The lowest BCUT2D eigenvalue weighted by Gasteiger charge is -2.32. The summed E-state index contributed by atoms with van der Waals surface area (Å²) in [6.45, 7) is 6.59. The van der Waals surface area contributed by atoms with Gasteiger partial charge in [-0.05, 0) is 75.1 Å². The number of carbonyl (C=O) groups excluding carboxylic acids is 2. The highest BCUT2D eigenvalue weighted by atomic mass is 79.9. The van der Waals surface area contributed by atoms with E-state index in [1.54, 1.807) is 4.90 Å². The van der Waals surface area contributed by atoms with E-state index in [1.165, 1.54) is 5.56 Å². The summed E-state index contributed by atoms with van der Waals surface area (Å²) in [6, 6.07) is 23.2. The van der Waals surface area contributed by atoms with Crippen LogP contribution >= 0.6 is 31.9 Å². The number of hydrogen-bond donors (Lipinski definition) is 1. The van der Waals surface area contributed by atoms with Crippen molar-refractivity contribution in [3.63, 3.8) is 0 Å². The molecule has 2 amide bonds. The fourth-order valence-electron chi connectivity index (χ4n) is 5.01. The van der Waals surface area contributed by atoms with Gasteiger partial charge in [-0.25, -0.2) is 0 Å². The van der Waals surface area contributed by atoms with Crippen LogP contribution in [0.4, 0.5) is 0 Å². The van der Waals surface area contributed by atoms with Crippen molar-refractivity contribution in [3.05, 3.63) is 98.4 Å². The van der Waals surface area contributed by atoms with Gasteiger partial charge in [0.1, 0.15) is 11.8 Å². The van der Waals surface area contributed by atoms with Gasteiger partial charge in [-0.1, -0.05) is 98.1 Å². The maximum absolute atomic E-state index is 13.9. The van der Waals surface area contributed by atoms with Gasteiger partial charge in [-0.15, -0.1) is 0 Å². The smallest absolute Gasteiger partial charge is 0.261 e. The van der Waals surface area contributed by atoms with Crippen LogP contribution in [0.2, 0.25) is 0 Å². The molecule has 3 aromatic carbocycles. The topological polar surface area (TPSA) is 58.6 Å². The lowest BCUT2D eigenvalue weighted by atomic mass is 9.87. The Morgan fingerprint density at radius 3 is 2.25 bits per heavy atom. The summed E-state index contributed by atoms with van der Waals surface area (Å²) in [6.07, 6.45) is 4.61. The molecule has 0 aromatic heterocycles. The third-order valence-corrected chi connectivity index (χ3v) is 8.54. The summed E-state index contributed by atoms with van der Waals surface area (Å²) in [5, 5.41) is 3.24. The fraction of sp³-hybridized carbons (Fsp3) is 0.394. The number of nitrogens with one attached hydrogen (secondary N) is 1. The Kier molecular flexibility index (Phi) is 10.5. The number of rotatable bonds is 10. The standard InChI is InChI=1S/C33H38Br2N2O3/c1-33(2,3)25-15-18-30(28(35)20-25)40-22-31(38)37(21-24-13-16-26(34)17-14-24)29(19-23-9-5-4-6-10-23)32(39)36-27-11-7-8-12-27/h4-6,9-10,13-18,20,27,29H,7-8,11-12,19,21-22H2,1-3H3,(H,36,39)/t29-/m0/s1. The largest absolute Gasteiger partial charge is 0.483 e. The van der Waals surface area contributed by atoms with Gasteiger partial charge in [-0.2, -0.15) is 0 Å². The first-order chi connectivity index (χ1) is 19.1. The Morgan fingerprint density at radius 2 is 1.62 bits per heavy atom. The van der Waals surface area contributed by atoms with Crippen LogP contribution in [0.5, 0.6) is 5.75 Å². The zero-order valence-electron chi connectivity index (χ0n) is 23.5. The second kappa shape index (κ2) is 13.8. The van der Waals surface area contributed by atoms with Crippen LogP contribution in [0.3, 0.4) is 0 Å². The number of benzene rings is 3. The molecule has 1 N–H and O–H groups in total. The molecule has 40 heavy (non-hydrogen) atoms. The Balaban J connectivity index is 1.60. The maximum atomic E-state index is 13.9. The maximum Gasteiger partial charge on any atom is 0.261 e. The van der Waals surface area contributed by atoms with Crippen LogP contribution in [0.1, 0.15) is 63.1 Å². The molecule has 0 spiro atoms.